The van der Waals surface area contributed by atoms with Gasteiger partial charge in [-0.3, -0.25) is 4.79 Å². The number of furan rings is 1. The molecular formula is C21H21ClN6O2S. The van der Waals surface area contributed by atoms with Gasteiger partial charge in [-0.25, -0.2) is 9.69 Å². The van der Waals surface area contributed by atoms with Crippen LogP contribution in [0.5, 0.6) is 0 Å². The highest BCUT2D eigenvalue weighted by Gasteiger charge is 2.35. The Morgan fingerprint density at radius 2 is 2.00 bits per heavy atom. The number of halogens is 1. The maximum absolute atomic E-state index is 13.2. The SMILES string of the molecule is O=C(CSc1nnnn1C1CCCC1)N1N=C(c2ccc(Cl)cc2)CC1c1ccco1. The van der Waals surface area contributed by atoms with Gasteiger partial charge in [0.05, 0.1) is 23.8 Å². The largest absolute Gasteiger partial charge is 0.467 e. The van der Waals surface area contributed by atoms with E-state index in [-0.39, 0.29) is 17.7 Å². The molecule has 3 heterocycles. The Kier molecular flexibility index (Phi) is 5.78. The summed E-state index contributed by atoms with van der Waals surface area (Å²) in [6, 6.07) is 11.2. The van der Waals surface area contributed by atoms with E-state index in [1.807, 2.05) is 41.1 Å². The second kappa shape index (κ2) is 8.84. The molecule has 1 aromatic carbocycles. The van der Waals surface area contributed by atoms with Crippen molar-refractivity contribution in [3.8, 4) is 0 Å². The number of aromatic nitrogens is 4. The summed E-state index contributed by atoms with van der Waals surface area (Å²) in [6.45, 7) is 0. The molecule has 1 fully saturated rings. The summed E-state index contributed by atoms with van der Waals surface area (Å²) in [6.07, 6.45) is 6.72. The third-order valence-corrected chi connectivity index (χ3v) is 6.84. The van der Waals surface area contributed by atoms with Gasteiger partial charge < -0.3 is 4.42 Å². The average molecular weight is 457 g/mol. The molecule has 0 spiro atoms. The van der Waals surface area contributed by atoms with Crippen molar-refractivity contribution in [3.05, 3.63) is 59.0 Å². The molecule has 0 bridgehead atoms. The maximum Gasteiger partial charge on any atom is 0.253 e. The zero-order chi connectivity index (χ0) is 21.2. The minimum Gasteiger partial charge on any atom is -0.467 e. The predicted octanol–water partition coefficient (Wildman–Crippen LogP) is 4.50. The first kappa shape index (κ1) is 20.3. The van der Waals surface area contributed by atoms with Crippen molar-refractivity contribution in [2.24, 2.45) is 5.10 Å². The molecule has 1 saturated carbocycles. The number of hydrazone groups is 1. The van der Waals surface area contributed by atoms with Crippen LogP contribution in [-0.2, 0) is 4.79 Å². The highest BCUT2D eigenvalue weighted by atomic mass is 35.5. The van der Waals surface area contributed by atoms with E-state index in [1.54, 1.807) is 6.26 Å². The van der Waals surface area contributed by atoms with E-state index in [4.69, 9.17) is 16.0 Å². The molecular weight excluding hydrogens is 436 g/mol. The van der Waals surface area contributed by atoms with Crippen molar-refractivity contribution < 1.29 is 9.21 Å². The monoisotopic (exact) mass is 456 g/mol. The maximum atomic E-state index is 13.2. The third kappa shape index (κ3) is 4.24. The fraction of sp³-hybridized carbons (Fsp3) is 0.381. The number of benzene rings is 1. The molecule has 160 valence electrons. The number of hydrogen-bond donors (Lipinski definition) is 0. The standard InChI is InChI=1S/C21H21ClN6O2S/c22-15-9-7-14(8-10-15)17-12-18(19-6-3-11-30-19)28(24-17)20(29)13-31-21-23-25-26-27(21)16-4-1-2-5-16/h3,6-11,16,18H,1-2,4-5,12-13H2. The number of nitrogens with zero attached hydrogens (tertiary/aromatic N) is 6. The lowest BCUT2D eigenvalue weighted by Gasteiger charge is -2.19. The number of carbonyl (C=O) groups is 1. The zero-order valence-corrected chi connectivity index (χ0v) is 18.3. The van der Waals surface area contributed by atoms with Crippen LogP contribution in [0.2, 0.25) is 5.02 Å². The quantitative estimate of drug-likeness (QED) is 0.507. The van der Waals surface area contributed by atoms with Gasteiger partial charge >= 0.3 is 0 Å². The molecule has 2 aromatic heterocycles. The first-order valence-electron chi connectivity index (χ1n) is 10.3. The normalized spacial score (nSPS) is 19.2. The summed E-state index contributed by atoms with van der Waals surface area (Å²) in [7, 11) is 0. The first-order chi connectivity index (χ1) is 15.2. The Hall–Kier alpha value is -2.65. The number of hydrogen-bond acceptors (Lipinski definition) is 7. The topological polar surface area (TPSA) is 89.4 Å². The van der Waals surface area contributed by atoms with Gasteiger partial charge in [0.2, 0.25) is 5.16 Å². The molecule has 1 aliphatic heterocycles. The number of carbonyl (C=O) groups excluding carboxylic acids is 1. The summed E-state index contributed by atoms with van der Waals surface area (Å²) in [4.78, 5) is 13.2. The number of tetrazole rings is 1. The Morgan fingerprint density at radius 1 is 1.19 bits per heavy atom. The van der Waals surface area contributed by atoms with Crippen LogP contribution < -0.4 is 0 Å². The van der Waals surface area contributed by atoms with Gasteiger partial charge in [0.25, 0.3) is 5.91 Å². The molecule has 5 rings (SSSR count). The molecule has 1 aliphatic carbocycles. The Morgan fingerprint density at radius 3 is 2.74 bits per heavy atom. The fourth-order valence-electron chi connectivity index (χ4n) is 4.11. The molecule has 31 heavy (non-hydrogen) atoms. The highest BCUT2D eigenvalue weighted by Crippen LogP contribution is 2.35. The lowest BCUT2D eigenvalue weighted by atomic mass is 10.0. The second-order valence-electron chi connectivity index (χ2n) is 7.66. The lowest BCUT2D eigenvalue weighted by Crippen LogP contribution is -2.28. The Labute approximate surface area is 188 Å². The number of rotatable bonds is 6. The van der Waals surface area contributed by atoms with Gasteiger partial charge in [0.1, 0.15) is 11.8 Å². The van der Waals surface area contributed by atoms with Crippen molar-refractivity contribution in [2.45, 2.75) is 49.3 Å². The summed E-state index contributed by atoms with van der Waals surface area (Å²) in [5, 5.41) is 19.6. The fourth-order valence-corrected chi connectivity index (χ4v) is 5.03. The van der Waals surface area contributed by atoms with Gasteiger partial charge in [-0.1, -0.05) is 48.3 Å². The van der Waals surface area contributed by atoms with E-state index < -0.39 is 0 Å². The van der Waals surface area contributed by atoms with Gasteiger partial charge in [0, 0.05) is 11.4 Å². The van der Waals surface area contributed by atoms with E-state index >= 15 is 0 Å². The molecule has 3 aromatic rings. The van der Waals surface area contributed by atoms with E-state index in [1.165, 1.54) is 29.6 Å². The minimum atomic E-state index is -0.278. The Balaban J connectivity index is 1.34. The number of amides is 1. The summed E-state index contributed by atoms with van der Waals surface area (Å²) >= 11 is 7.37. The van der Waals surface area contributed by atoms with Crippen molar-refractivity contribution in [1.29, 1.82) is 0 Å². The average Bonchev–Trinajstić information content (AvgIpc) is 3.58. The molecule has 0 radical (unpaired) electrons. The van der Waals surface area contributed by atoms with Gasteiger partial charge in [-0.15, -0.1) is 5.10 Å². The van der Waals surface area contributed by atoms with Crippen LogP contribution >= 0.6 is 23.4 Å². The highest BCUT2D eigenvalue weighted by molar-refractivity contribution is 7.99. The van der Waals surface area contributed by atoms with E-state index in [2.05, 4.69) is 20.6 Å². The van der Waals surface area contributed by atoms with Crippen molar-refractivity contribution >= 4 is 35.0 Å². The van der Waals surface area contributed by atoms with Crippen LogP contribution in [0.15, 0.2) is 57.3 Å². The van der Waals surface area contributed by atoms with Crippen LogP contribution in [0, 0.1) is 0 Å². The predicted molar refractivity (Wildman–Crippen MR) is 117 cm³/mol. The van der Waals surface area contributed by atoms with Crippen LogP contribution in [0.25, 0.3) is 0 Å². The molecule has 1 amide bonds. The van der Waals surface area contributed by atoms with Gasteiger partial charge in [-0.05, 0) is 53.1 Å². The first-order valence-corrected chi connectivity index (χ1v) is 11.6. The smallest absolute Gasteiger partial charge is 0.253 e. The molecule has 0 N–H and O–H groups in total. The van der Waals surface area contributed by atoms with Crippen molar-refractivity contribution in [3.63, 3.8) is 0 Å². The van der Waals surface area contributed by atoms with E-state index in [0.29, 0.717) is 28.4 Å². The second-order valence-corrected chi connectivity index (χ2v) is 9.04. The molecule has 1 unspecified atom stereocenters. The molecule has 0 saturated heterocycles. The summed E-state index contributed by atoms with van der Waals surface area (Å²) in [5.41, 5.74) is 1.77. The molecule has 1 atom stereocenters. The van der Waals surface area contributed by atoms with Crippen LogP contribution in [0.1, 0.15) is 55.5 Å². The summed E-state index contributed by atoms with van der Waals surface area (Å²) in [5.74, 6) is 0.792. The van der Waals surface area contributed by atoms with Gasteiger partial charge in [-0.2, -0.15) is 5.10 Å². The molecule has 2 aliphatic rings. The third-order valence-electron chi connectivity index (χ3n) is 5.67. The van der Waals surface area contributed by atoms with Crippen LogP contribution in [0.4, 0.5) is 0 Å². The van der Waals surface area contributed by atoms with Crippen molar-refractivity contribution in [1.82, 2.24) is 25.2 Å². The van der Waals surface area contributed by atoms with E-state index in [9.17, 15) is 4.79 Å². The van der Waals surface area contributed by atoms with Crippen LogP contribution in [0.3, 0.4) is 0 Å². The lowest BCUT2D eigenvalue weighted by molar-refractivity contribution is -0.130. The van der Waals surface area contributed by atoms with E-state index in [0.717, 1.165) is 24.1 Å². The molecule has 8 nitrogen and oxygen atoms in total. The summed E-state index contributed by atoms with van der Waals surface area (Å²) < 4.78 is 7.47. The minimum absolute atomic E-state index is 0.115. The van der Waals surface area contributed by atoms with Crippen molar-refractivity contribution in [2.75, 3.05) is 5.75 Å². The zero-order valence-electron chi connectivity index (χ0n) is 16.7. The van der Waals surface area contributed by atoms with Crippen LogP contribution in [-0.4, -0.2) is 42.6 Å². The molecule has 10 heteroatoms. The number of thioether (sulfide) groups is 1. The van der Waals surface area contributed by atoms with Gasteiger partial charge in [0.15, 0.2) is 0 Å². The Bertz CT molecular complexity index is 1080.